The molecule has 0 N–H and O–H groups in total. The van der Waals surface area contributed by atoms with Crippen LogP contribution in [-0.2, 0) is 25.5 Å². The smallest absolute Gasteiger partial charge is 0.500 e. The Morgan fingerprint density at radius 2 is 1.45 bits per heavy atom. The topological polar surface area (TPSA) is 53.7 Å². The van der Waals surface area contributed by atoms with Crippen molar-refractivity contribution in [2.24, 2.45) is 0 Å². The van der Waals surface area contributed by atoms with Crippen LogP contribution in [0.3, 0.4) is 0 Å². The number of rotatable bonds is 4. The van der Waals surface area contributed by atoms with E-state index in [-0.39, 0.29) is 25.5 Å². The summed E-state index contributed by atoms with van der Waals surface area (Å²) >= 11 is 0. The Labute approximate surface area is 323 Å². The third-order valence-corrected chi connectivity index (χ3v) is 9.17. The Morgan fingerprint density at radius 3 is 2.11 bits per heavy atom. The van der Waals surface area contributed by atoms with E-state index >= 15 is 0 Å². The van der Waals surface area contributed by atoms with E-state index in [9.17, 15) is 9.65 Å². The zero-order valence-corrected chi connectivity index (χ0v) is 32.0. The van der Waals surface area contributed by atoms with Crippen molar-refractivity contribution in [3.8, 4) is 50.8 Å². The van der Waals surface area contributed by atoms with Crippen molar-refractivity contribution in [3.63, 3.8) is 0 Å². The van der Waals surface area contributed by atoms with Crippen LogP contribution in [0.1, 0.15) is 37.5 Å². The number of pyridine rings is 2. The minimum Gasteiger partial charge on any atom is -0.500 e. The molecule has 6 heteroatoms. The number of halogens is 1. The van der Waals surface area contributed by atoms with Crippen LogP contribution in [0.15, 0.2) is 144 Å². The van der Waals surface area contributed by atoms with E-state index in [1.165, 1.54) is 17.8 Å². The van der Waals surface area contributed by atoms with E-state index in [2.05, 4.69) is 101 Å². The van der Waals surface area contributed by atoms with Crippen molar-refractivity contribution in [2.75, 3.05) is 0 Å². The summed E-state index contributed by atoms with van der Waals surface area (Å²) in [6, 6.07) is 46.6. The SMILES string of the molecule is N#Cc1ccc2c(oc3c(-c4ccc(F)cn4)[c-]ccc32)c1-c1ccc(-c2ccccc2)cc1.[CH2-]c1ccccc1-c1ccc(C(C)(C)C)c[n+]1[CH2-].[Ir+3]. The van der Waals surface area contributed by atoms with Gasteiger partial charge in [-0.1, -0.05) is 117 Å². The molecule has 260 valence electrons. The summed E-state index contributed by atoms with van der Waals surface area (Å²) in [7, 11) is 4.10. The second kappa shape index (κ2) is 15.3. The molecule has 53 heavy (non-hydrogen) atoms. The molecule has 4 nitrogen and oxygen atoms in total. The zero-order valence-electron chi connectivity index (χ0n) is 29.7. The maximum Gasteiger partial charge on any atom is 3.00 e. The Morgan fingerprint density at radius 1 is 0.774 bits per heavy atom. The monoisotopic (exact) mass is 870 g/mol. The minimum atomic E-state index is -0.402. The van der Waals surface area contributed by atoms with Crippen molar-refractivity contribution in [3.05, 3.63) is 182 Å². The first kappa shape index (κ1) is 36.8. The number of hydrogen-bond acceptors (Lipinski definition) is 3. The average Bonchev–Trinajstić information content (AvgIpc) is 3.54. The number of nitriles is 1. The van der Waals surface area contributed by atoms with Crippen LogP contribution in [0.5, 0.6) is 0 Å². The first-order chi connectivity index (χ1) is 25.1. The van der Waals surface area contributed by atoms with Gasteiger partial charge in [-0.15, -0.1) is 35.9 Å². The van der Waals surface area contributed by atoms with E-state index in [0.29, 0.717) is 28.0 Å². The van der Waals surface area contributed by atoms with Gasteiger partial charge in [0.1, 0.15) is 11.4 Å². The molecule has 3 heterocycles. The molecule has 0 fully saturated rings. The quantitative estimate of drug-likeness (QED) is 0.131. The molecule has 0 radical (unpaired) electrons. The molecule has 0 aliphatic rings. The first-order valence-corrected chi connectivity index (χ1v) is 17.0. The molecule has 0 atom stereocenters. The second-order valence-corrected chi connectivity index (χ2v) is 13.7. The molecule has 0 saturated carbocycles. The molecule has 8 rings (SSSR count). The molecule has 0 aliphatic heterocycles. The van der Waals surface area contributed by atoms with Gasteiger partial charge in [0, 0.05) is 18.0 Å². The van der Waals surface area contributed by atoms with Crippen LogP contribution in [0.25, 0.3) is 66.7 Å². The number of hydrogen-bond donors (Lipinski definition) is 0. The van der Waals surface area contributed by atoms with Crippen LogP contribution in [-0.4, -0.2) is 4.98 Å². The molecule has 0 saturated heterocycles. The summed E-state index contributed by atoms with van der Waals surface area (Å²) in [6.07, 6.45) is 3.28. The molecule has 0 unspecified atom stereocenters. The van der Waals surface area contributed by atoms with Gasteiger partial charge in [-0.3, -0.25) is 0 Å². The summed E-state index contributed by atoms with van der Waals surface area (Å²) in [6.45, 7) is 10.7. The van der Waals surface area contributed by atoms with E-state index in [1.807, 2.05) is 77.4 Å². The molecule has 8 aromatic rings. The van der Waals surface area contributed by atoms with Crippen molar-refractivity contribution in [1.82, 2.24) is 4.98 Å². The average molecular weight is 870 g/mol. The van der Waals surface area contributed by atoms with Gasteiger partial charge in [0.05, 0.1) is 35.3 Å². The summed E-state index contributed by atoms with van der Waals surface area (Å²) in [4.78, 5) is 4.20. The molecule has 3 aromatic heterocycles. The summed E-state index contributed by atoms with van der Waals surface area (Å²) in [5, 5.41) is 11.6. The third-order valence-electron chi connectivity index (χ3n) is 9.17. The van der Waals surface area contributed by atoms with Crippen molar-refractivity contribution < 1.29 is 33.5 Å². The van der Waals surface area contributed by atoms with Crippen LogP contribution >= 0.6 is 0 Å². The number of benzene rings is 5. The Balaban J connectivity index is 0.000000215. The van der Waals surface area contributed by atoms with Crippen molar-refractivity contribution in [1.29, 1.82) is 5.26 Å². The van der Waals surface area contributed by atoms with Crippen LogP contribution in [0, 0.1) is 37.2 Å². The minimum absolute atomic E-state index is 0. The third kappa shape index (κ3) is 7.50. The van der Waals surface area contributed by atoms with E-state index in [4.69, 9.17) is 4.42 Å². The fourth-order valence-electron chi connectivity index (χ4n) is 6.36. The maximum absolute atomic E-state index is 13.4. The molecule has 0 aliphatic carbocycles. The molecular weight excluding hydrogens is 834 g/mol. The summed E-state index contributed by atoms with van der Waals surface area (Å²) in [5.41, 5.74) is 11.5. The Kier molecular flexibility index (Phi) is 10.6. The van der Waals surface area contributed by atoms with Crippen LogP contribution in [0.2, 0.25) is 0 Å². The van der Waals surface area contributed by atoms with Gasteiger partial charge < -0.3 is 14.0 Å². The fraction of sp³-hybridized carbons (Fsp3) is 0.0851. The molecule has 0 spiro atoms. The van der Waals surface area contributed by atoms with E-state index in [0.717, 1.165) is 49.8 Å². The van der Waals surface area contributed by atoms with Gasteiger partial charge in [0.25, 0.3) is 0 Å². The fourth-order valence-corrected chi connectivity index (χ4v) is 6.36. The van der Waals surface area contributed by atoms with Gasteiger partial charge >= 0.3 is 20.1 Å². The van der Waals surface area contributed by atoms with Gasteiger partial charge in [-0.25, -0.2) is 4.39 Å². The second-order valence-electron chi connectivity index (χ2n) is 13.7. The van der Waals surface area contributed by atoms with E-state index in [1.54, 1.807) is 6.07 Å². The predicted molar refractivity (Wildman–Crippen MR) is 207 cm³/mol. The van der Waals surface area contributed by atoms with E-state index < -0.39 is 5.82 Å². The summed E-state index contributed by atoms with van der Waals surface area (Å²) in [5.74, 6) is -0.402. The predicted octanol–water partition coefficient (Wildman–Crippen LogP) is 11.6. The normalized spacial score (nSPS) is 11.0. The number of fused-ring (bicyclic) bond motifs is 3. The van der Waals surface area contributed by atoms with Crippen LogP contribution < -0.4 is 4.57 Å². The Hall–Kier alpha value is -5.99. The summed E-state index contributed by atoms with van der Waals surface area (Å²) < 4.78 is 21.7. The van der Waals surface area contributed by atoms with Crippen molar-refractivity contribution in [2.45, 2.75) is 26.2 Å². The van der Waals surface area contributed by atoms with Gasteiger partial charge in [-0.2, -0.15) is 23.8 Å². The van der Waals surface area contributed by atoms with Gasteiger partial charge in [-0.05, 0) is 45.5 Å². The zero-order chi connectivity index (χ0) is 36.4. The number of nitrogens with zero attached hydrogens (tertiary/aromatic N) is 3. The van der Waals surface area contributed by atoms with Gasteiger partial charge in [0.15, 0.2) is 0 Å². The molecular formula is C47H36FIrN3O+. The maximum atomic E-state index is 13.4. The molecule has 0 amide bonds. The first-order valence-electron chi connectivity index (χ1n) is 17.0. The van der Waals surface area contributed by atoms with Gasteiger partial charge in [0.2, 0.25) is 0 Å². The Bertz CT molecular complexity index is 2580. The molecule has 0 bridgehead atoms. The standard InChI is InChI=1S/C30H16FN2O.C17H20N.Ir/c31-23-14-16-27(33-18-23)26-8-4-7-24-25-15-13-22(17-32)28(30(25)34-29(24)26)21-11-9-20(10-12-21)19-5-2-1-3-6-19;1-13-8-6-7-9-15(13)16-11-10-14(12-18(16)5)17(2,3)4;/h1-7,9-16,18H;6-12H,1,5H2,2-4H3;/q2*-1;+3. The largest absolute Gasteiger partial charge is 3.00 e. The van der Waals surface area contributed by atoms with Crippen molar-refractivity contribution >= 4 is 21.9 Å². The number of aromatic nitrogens is 2. The number of furan rings is 1. The van der Waals surface area contributed by atoms with Crippen LogP contribution in [0.4, 0.5) is 4.39 Å². The molecule has 5 aromatic carbocycles.